The van der Waals surface area contributed by atoms with Gasteiger partial charge in [0.25, 0.3) is 0 Å². The van der Waals surface area contributed by atoms with E-state index in [0.717, 1.165) is 49.7 Å². The van der Waals surface area contributed by atoms with E-state index in [4.69, 9.17) is 52.1 Å². The maximum absolute atomic E-state index is 10.3. The molecule has 16 atom stereocenters. The first-order chi connectivity index (χ1) is 25.7. The zero-order valence-corrected chi connectivity index (χ0v) is 29.3. The molecular formula is C40H50O12. The number of fused-ring (bicyclic) bond motifs is 6. The van der Waals surface area contributed by atoms with Crippen LogP contribution in [0.2, 0.25) is 0 Å². The molecule has 2 aromatic carbocycles. The molecule has 2 saturated carbocycles. The predicted octanol–water partition coefficient (Wildman–Crippen LogP) is 5.03. The molecule has 12 heteroatoms. The third-order valence-electron chi connectivity index (χ3n) is 12.3. The Hall–Kier alpha value is -2.04. The van der Waals surface area contributed by atoms with Gasteiger partial charge >= 0.3 is 0 Å². The van der Waals surface area contributed by atoms with Crippen LogP contribution in [0.5, 0.6) is 0 Å². The van der Waals surface area contributed by atoms with Crippen LogP contribution < -0.4 is 0 Å². The van der Waals surface area contributed by atoms with Crippen molar-refractivity contribution in [1.82, 2.24) is 0 Å². The van der Waals surface area contributed by atoms with E-state index in [-0.39, 0.29) is 37.1 Å². The maximum Gasteiger partial charge on any atom is 0.190 e. The quantitative estimate of drug-likeness (QED) is 0.394. The zero-order valence-electron chi connectivity index (χ0n) is 29.3. The van der Waals surface area contributed by atoms with Crippen LogP contribution in [0.3, 0.4) is 0 Å². The lowest BCUT2D eigenvalue weighted by Crippen LogP contribution is -2.55. The molecule has 0 spiro atoms. The summed E-state index contributed by atoms with van der Waals surface area (Å²) in [4.78, 5) is 0. The fourth-order valence-corrected chi connectivity index (χ4v) is 9.65. The highest BCUT2D eigenvalue weighted by Gasteiger charge is 2.61. The van der Waals surface area contributed by atoms with Crippen molar-refractivity contribution in [1.29, 1.82) is 0 Å². The zero-order chi connectivity index (χ0) is 34.6. The lowest BCUT2D eigenvalue weighted by Gasteiger charge is -2.43. The highest BCUT2D eigenvalue weighted by atomic mass is 16.9. The number of aliphatic hydroxyl groups is 1. The van der Waals surface area contributed by atoms with E-state index < -0.39 is 68.1 Å². The summed E-state index contributed by atoms with van der Waals surface area (Å²) in [5.74, 6) is 0.476. The first-order valence-electron chi connectivity index (χ1n) is 19.6. The number of hydrogen-bond acceptors (Lipinski definition) is 12. The summed E-state index contributed by atoms with van der Waals surface area (Å²) in [6, 6.07) is 19.8. The topological polar surface area (TPSA) is 122 Å². The number of hydrogen-bond donors (Lipinski definition) is 1. The number of ether oxygens (including phenoxy) is 11. The molecule has 0 amide bonds. The predicted molar refractivity (Wildman–Crippen MR) is 180 cm³/mol. The van der Waals surface area contributed by atoms with Crippen LogP contribution in [-0.4, -0.2) is 98.4 Å². The second-order valence-corrected chi connectivity index (χ2v) is 15.6. The molecule has 6 saturated heterocycles. The molecular weight excluding hydrogens is 672 g/mol. The molecule has 0 bridgehead atoms. The monoisotopic (exact) mass is 722 g/mol. The van der Waals surface area contributed by atoms with E-state index in [9.17, 15) is 5.11 Å². The maximum atomic E-state index is 10.3. The second kappa shape index (κ2) is 14.9. The molecule has 0 radical (unpaired) electrons. The summed E-state index contributed by atoms with van der Waals surface area (Å²) in [6.07, 6.45) is 3.29. The molecule has 8 aliphatic rings. The molecule has 16 unspecified atom stereocenters. The van der Waals surface area contributed by atoms with Gasteiger partial charge in [0.05, 0.1) is 19.3 Å². The van der Waals surface area contributed by atoms with E-state index in [1.54, 1.807) is 0 Å². The molecule has 2 aromatic rings. The number of rotatable bonds is 8. The molecule has 6 aliphatic heterocycles. The highest BCUT2D eigenvalue weighted by Crippen LogP contribution is 2.47. The molecule has 282 valence electrons. The Kier molecular flexibility index (Phi) is 9.87. The molecule has 0 aromatic heterocycles. The summed E-state index contributed by atoms with van der Waals surface area (Å²) < 4.78 is 71.0. The highest BCUT2D eigenvalue weighted by molar-refractivity contribution is 5.19. The molecule has 1 N–H and O–H groups in total. The fourth-order valence-electron chi connectivity index (χ4n) is 9.65. The normalized spacial score (nSPS) is 46.0. The van der Waals surface area contributed by atoms with Crippen LogP contribution in [0.15, 0.2) is 60.7 Å². The first-order valence-corrected chi connectivity index (χ1v) is 19.6. The molecule has 10 rings (SSSR count). The van der Waals surface area contributed by atoms with Gasteiger partial charge in [0.15, 0.2) is 37.7 Å². The average Bonchev–Trinajstić information content (AvgIpc) is 3.98. The summed E-state index contributed by atoms with van der Waals surface area (Å²) in [6.45, 7) is 0.168. The largest absolute Gasteiger partial charge is 0.394 e. The third-order valence-corrected chi connectivity index (χ3v) is 12.3. The average molecular weight is 723 g/mol. The van der Waals surface area contributed by atoms with Crippen molar-refractivity contribution >= 4 is 0 Å². The van der Waals surface area contributed by atoms with Gasteiger partial charge in [0, 0.05) is 23.0 Å². The van der Waals surface area contributed by atoms with Gasteiger partial charge < -0.3 is 57.2 Å². The van der Waals surface area contributed by atoms with Crippen molar-refractivity contribution < 1.29 is 57.2 Å². The van der Waals surface area contributed by atoms with Gasteiger partial charge in [-0.15, -0.1) is 0 Å². The van der Waals surface area contributed by atoms with Crippen molar-refractivity contribution in [3.8, 4) is 0 Å². The standard InChI is InChI=1S/C40H50O12/c41-20-27-29-31(33-39(45-29)51-36(49-33)23-13-6-2-7-14-23)48-38(43-27)25-17-10-18-26(19-25)42-21-28-30-32(47-35(44-28)22-11-4-1-5-12-22)34-40(46-30)52-37(50-34)24-15-8-3-9-16-24/h1,3-5,8-9,11-12,15-16,23,25-41H,2,6-7,10,13-14,17-21H2. The van der Waals surface area contributed by atoms with E-state index >= 15 is 0 Å². The van der Waals surface area contributed by atoms with Gasteiger partial charge in [-0.05, 0) is 32.1 Å². The van der Waals surface area contributed by atoms with E-state index in [0.29, 0.717) is 12.5 Å². The van der Waals surface area contributed by atoms with Gasteiger partial charge in [0.2, 0.25) is 0 Å². The van der Waals surface area contributed by atoms with Crippen LogP contribution in [0.25, 0.3) is 0 Å². The lowest BCUT2D eigenvalue weighted by atomic mass is 9.86. The van der Waals surface area contributed by atoms with E-state index in [1.807, 2.05) is 60.7 Å². The van der Waals surface area contributed by atoms with Gasteiger partial charge in [-0.25, -0.2) is 0 Å². The molecule has 8 fully saturated rings. The first kappa shape index (κ1) is 34.5. The van der Waals surface area contributed by atoms with Crippen molar-refractivity contribution in [2.45, 2.75) is 150 Å². The van der Waals surface area contributed by atoms with Crippen LogP contribution in [0.1, 0.15) is 81.5 Å². The summed E-state index contributed by atoms with van der Waals surface area (Å²) in [5.41, 5.74) is 1.86. The Morgan fingerprint density at radius 1 is 0.481 bits per heavy atom. The second-order valence-electron chi connectivity index (χ2n) is 15.6. The van der Waals surface area contributed by atoms with Crippen molar-refractivity contribution in [3.63, 3.8) is 0 Å². The van der Waals surface area contributed by atoms with Crippen molar-refractivity contribution in [2.24, 2.45) is 11.8 Å². The molecule has 12 nitrogen and oxygen atoms in total. The van der Waals surface area contributed by atoms with Gasteiger partial charge in [-0.1, -0.05) is 86.3 Å². The van der Waals surface area contributed by atoms with Gasteiger partial charge in [-0.2, -0.15) is 0 Å². The van der Waals surface area contributed by atoms with Crippen molar-refractivity contribution in [2.75, 3.05) is 13.2 Å². The molecule has 52 heavy (non-hydrogen) atoms. The summed E-state index contributed by atoms with van der Waals surface area (Å²) >= 11 is 0. The Morgan fingerprint density at radius 2 is 1.06 bits per heavy atom. The minimum absolute atomic E-state index is 0.0264. The van der Waals surface area contributed by atoms with Crippen LogP contribution in [0.4, 0.5) is 0 Å². The van der Waals surface area contributed by atoms with Crippen LogP contribution in [0, 0.1) is 11.8 Å². The fraction of sp³-hybridized carbons (Fsp3) is 0.700. The van der Waals surface area contributed by atoms with E-state index in [2.05, 4.69) is 0 Å². The Morgan fingerprint density at radius 3 is 1.81 bits per heavy atom. The van der Waals surface area contributed by atoms with Gasteiger partial charge in [-0.3, -0.25) is 0 Å². The number of benzene rings is 2. The Labute approximate surface area is 304 Å². The van der Waals surface area contributed by atoms with Gasteiger partial charge in [0.1, 0.15) is 48.8 Å². The van der Waals surface area contributed by atoms with Crippen LogP contribution in [-0.2, 0) is 52.1 Å². The van der Waals surface area contributed by atoms with E-state index in [1.165, 1.54) is 19.3 Å². The SMILES string of the molecule is OCC1OC(C2CCCC(OCC3OC(c4ccccc4)OC4C3OC3OC(c5ccccc5)OC34)C2)OC2C1OC1OC(C3CCCCC3)OC12. The third kappa shape index (κ3) is 6.56. The van der Waals surface area contributed by atoms with Crippen molar-refractivity contribution in [3.05, 3.63) is 71.8 Å². The number of aliphatic hydroxyl groups excluding tert-OH is 1. The molecule has 6 heterocycles. The minimum atomic E-state index is -0.596. The Bertz CT molecular complexity index is 1480. The molecule has 2 aliphatic carbocycles. The smallest absolute Gasteiger partial charge is 0.190 e. The minimum Gasteiger partial charge on any atom is -0.394 e. The van der Waals surface area contributed by atoms with Crippen LogP contribution >= 0.6 is 0 Å². The Balaban J connectivity index is 0.794. The summed E-state index contributed by atoms with van der Waals surface area (Å²) in [5, 5.41) is 10.3. The lowest BCUT2D eigenvalue weighted by molar-refractivity contribution is -0.321. The summed E-state index contributed by atoms with van der Waals surface area (Å²) in [7, 11) is 0.